The number of aryl methyl sites for hydroxylation is 1. The summed E-state index contributed by atoms with van der Waals surface area (Å²) in [6, 6.07) is 13.3. The maximum absolute atomic E-state index is 12.1. The molecule has 0 unspecified atom stereocenters. The van der Waals surface area contributed by atoms with Gasteiger partial charge in [-0.3, -0.25) is 4.79 Å². The Labute approximate surface area is 156 Å². The van der Waals surface area contributed by atoms with Gasteiger partial charge in [0.25, 0.3) is 5.91 Å². The third-order valence-electron chi connectivity index (χ3n) is 3.95. The molecule has 0 aliphatic rings. The molecule has 3 rings (SSSR count). The number of rotatable bonds is 6. The summed E-state index contributed by atoms with van der Waals surface area (Å²) < 4.78 is 26.4. The van der Waals surface area contributed by atoms with Crippen LogP contribution in [-0.4, -0.2) is 31.0 Å². The smallest absolute Gasteiger partial charge is 0.279 e. The third-order valence-corrected chi connectivity index (χ3v) is 5.37. The lowest BCUT2D eigenvalue weighted by Crippen LogP contribution is -2.28. The Morgan fingerprint density at radius 3 is 2.63 bits per heavy atom. The quantitative estimate of drug-likeness (QED) is 0.563. The second kappa shape index (κ2) is 7.68. The van der Waals surface area contributed by atoms with Crippen LogP contribution < -0.4 is 4.72 Å². The fourth-order valence-electron chi connectivity index (χ4n) is 2.51. The van der Waals surface area contributed by atoms with Crippen molar-refractivity contribution in [1.82, 2.24) is 9.71 Å². The Morgan fingerprint density at radius 1 is 1.19 bits per heavy atom. The van der Waals surface area contributed by atoms with Crippen molar-refractivity contribution in [1.29, 1.82) is 0 Å². The number of carbonyl (C=O) groups excluding carboxylic acids is 1. The average molecular weight is 386 g/mol. The molecule has 2 aromatic carbocycles. The lowest BCUT2D eigenvalue weighted by atomic mass is 10.1. The first-order valence-electron chi connectivity index (χ1n) is 8.23. The fourth-order valence-corrected chi connectivity index (χ4v) is 3.51. The number of amides is 1. The average Bonchev–Trinajstić information content (AvgIpc) is 2.99. The number of H-pyrrole nitrogens is 1. The van der Waals surface area contributed by atoms with E-state index in [1.54, 1.807) is 18.2 Å². The summed E-state index contributed by atoms with van der Waals surface area (Å²) in [6.45, 7) is 1.46. The van der Waals surface area contributed by atoms with E-state index in [1.807, 2.05) is 25.1 Å². The van der Waals surface area contributed by atoms with Crippen molar-refractivity contribution in [2.45, 2.75) is 18.2 Å². The molecular formula is C18H18N4O4S. The molecule has 0 fully saturated rings. The molecule has 3 aromatic rings. The molecule has 0 spiro atoms. The van der Waals surface area contributed by atoms with Gasteiger partial charge in [0.15, 0.2) is 5.69 Å². The molecule has 0 aliphatic carbocycles. The molecule has 0 aliphatic heterocycles. The summed E-state index contributed by atoms with van der Waals surface area (Å²) in [4.78, 5) is 14.7. The van der Waals surface area contributed by atoms with Gasteiger partial charge in [0, 0.05) is 5.39 Å². The van der Waals surface area contributed by atoms with E-state index >= 15 is 0 Å². The lowest BCUT2D eigenvalue weighted by Gasteiger charge is -2.03. The minimum Gasteiger partial charge on any atom is -0.493 e. The largest absolute Gasteiger partial charge is 0.493 e. The first-order valence-corrected chi connectivity index (χ1v) is 9.72. The summed E-state index contributed by atoms with van der Waals surface area (Å²) in [7, 11) is -3.81. The van der Waals surface area contributed by atoms with Crippen LogP contribution in [0.2, 0.25) is 0 Å². The summed E-state index contributed by atoms with van der Waals surface area (Å²) in [5.41, 5.74) is 1.84. The summed E-state index contributed by atoms with van der Waals surface area (Å²) in [5.74, 6) is -0.991. The number of aromatic hydroxyl groups is 1. The zero-order chi connectivity index (χ0) is 19.4. The van der Waals surface area contributed by atoms with Gasteiger partial charge >= 0.3 is 0 Å². The van der Waals surface area contributed by atoms with Crippen molar-refractivity contribution in [2.75, 3.05) is 6.54 Å². The van der Waals surface area contributed by atoms with Gasteiger partial charge in [-0.15, -0.1) is 10.2 Å². The van der Waals surface area contributed by atoms with Crippen LogP contribution in [0.3, 0.4) is 0 Å². The molecule has 0 saturated carbocycles. The molecule has 0 bridgehead atoms. The van der Waals surface area contributed by atoms with E-state index in [0.717, 1.165) is 12.0 Å². The number of aromatic nitrogens is 1. The lowest BCUT2D eigenvalue weighted by molar-refractivity contribution is -0.117. The number of fused-ring (bicyclic) bond motifs is 1. The Hall–Kier alpha value is -3.04. The highest BCUT2D eigenvalue weighted by atomic mass is 32.2. The molecule has 0 radical (unpaired) electrons. The van der Waals surface area contributed by atoms with E-state index in [-0.39, 0.29) is 16.5 Å². The topological polar surface area (TPSA) is 124 Å². The predicted molar refractivity (Wildman–Crippen MR) is 100 cm³/mol. The van der Waals surface area contributed by atoms with Crippen LogP contribution >= 0.6 is 0 Å². The minimum atomic E-state index is -3.81. The molecule has 0 atom stereocenters. The van der Waals surface area contributed by atoms with Crippen LogP contribution in [0.15, 0.2) is 63.7 Å². The second-order valence-corrected chi connectivity index (χ2v) is 7.55. The molecule has 27 heavy (non-hydrogen) atoms. The summed E-state index contributed by atoms with van der Waals surface area (Å²) >= 11 is 0. The van der Waals surface area contributed by atoms with Crippen LogP contribution in [0.5, 0.6) is 5.88 Å². The zero-order valence-electron chi connectivity index (χ0n) is 14.5. The molecule has 0 saturated heterocycles. The Morgan fingerprint density at radius 2 is 1.93 bits per heavy atom. The van der Waals surface area contributed by atoms with Crippen LogP contribution in [0.25, 0.3) is 10.9 Å². The summed E-state index contributed by atoms with van der Waals surface area (Å²) in [5, 5.41) is 17.9. The van der Waals surface area contributed by atoms with Gasteiger partial charge in [-0.25, -0.2) is 13.1 Å². The minimum absolute atomic E-state index is 0.0520. The summed E-state index contributed by atoms with van der Waals surface area (Å²) in [6.07, 6.45) is 0.804. The number of hydrogen-bond donors (Lipinski definition) is 3. The first kappa shape index (κ1) is 18.7. The molecule has 1 amide bonds. The van der Waals surface area contributed by atoms with Crippen molar-refractivity contribution >= 4 is 32.5 Å². The predicted octanol–water partition coefficient (Wildman–Crippen LogP) is 3.02. The van der Waals surface area contributed by atoms with Crippen molar-refractivity contribution in [3.05, 3.63) is 54.1 Å². The van der Waals surface area contributed by atoms with Crippen molar-refractivity contribution in [3.63, 3.8) is 0 Å². The van der Waals surface area contributed by atoms with Crippen LogP contribution in [0, 0.1) is 0 Å². The zero-order valence-corrected chi connectivity index (χ0v) is 15.3. The van der Waals surface area contributed by atoms with Crippen molar-refractivity contribution in [3.8, 4) is 5.88 Å². The first-order chi connectivity index (χ1) is 12.9. The van der Waals surface area contributed by atoms with Gasteiger partial charge in [0.2, 0.25) is 15.9 Å². The fraction of sp³-hybridized carbons (Fsp3) is 0.167. The Kier molecular flexibility index (Phi) is 5.33. The van der Waals surface area contributed by atoms with Crippen molar-refractivity contribution in [2.24, 2.45) is 10.2 Å². The van der Waals surface area contributed by atoms with Crippen molar-refractivity contribution < 1.29 is 18.3 Å². The van der Waals surface area contributed by atoms with E-state index in [4.69, 9.17) is 0 Å². The highest BCUT2D eigenvalue weighted by Gasteiger charge is 2.15. The molecule has 9 heteroatoms. The highest BCUT2D eigenvalue weighted by Crippen LogP contribution is 2.36. The van der Waals surface area contributed by atoms with Crippen LogP contribution in [-0.2, 0) is 21.2 Å². The molecule has 140 valence electrons. The van der Waals surface area contributed by atoms with Crippen LogP contribution in [0.4, 0.5) is 5.69 Å². The number of benzene rings is 2. The number of carbonyl (C=O) groups is 1. The SMILES string of the molecule is CCc1ccc2[nH]c(O)c(N=NC(=O)CNS(=O)(=O)c3ccccc3)c2c1. The normalized spacial score (nSPS) is 12.0. The molecule has 3 N–H and O–H groups in total. The van der Waals surface area contributed by atoms with Gasteiger partial charge in [0.1, 0.15) is 0 Å². The Balaban J connectivity index is 1.74. The maximum Gasteiger partial charge on any atom is 0.279 e. The maximum atomic E-state index is 12.1. The van der Waals surface area contributed by atoms with Gasteiger partial charge in [-0.1, -0.05) is 31.2 Å². The van der Waals surface area contributed by atoms with E-state index in [1.165, 1.54) is 12.1 Å². The van der Waals surface area contributed by atoms with E-state index in [2.05, 4.69) is 19.9 Å². The van der Waals surface area contributed by atoms with E-state index in [0.29, 0.717) is 10.9 Å². The standard InChI is InChI=1S/C18H18N4O4S/c1-2-12-8-9-15-14(10-12)17(18(24)20-15)22-21-16(23)11-19-27(25,26)13-6-4-3-5-7-13/h3-10,19-20,24H,2,11H2,1H3. The van der Waals surface area contributed by atoms with Gasteiger partial charge in [-0.2, -0.15) is 0 Å². The number of azo groups is 1. The number of nitrogens with one attached hydrogen (secondary N) is 2. The van der Waals surface area contributed by atoms with Gasteiger partial charge < -0.3 is 10.1 Å². The molecule has 8 nitrogen and oxygen atoms in total. The van der Waals surface area contributed by atoms with E-state index in [9.17, 15) is 18.3 Å². The molecular weight excluding hydrogens is 368 g/mol. The number of sulfonamides is 1. The second-order valence-electron chi connectivity index (χ2n) is 5.79. The van der Waals surface area contributed by atoms with Gasteiger partial charge in [-0.05, 0) is 36.2 Å². The molecule has 1 heterocycles. The van der Waals surface area contributed by atoms with E-state index < -0.39 is 22.5 Å². The highest BCUT2D eigenvalue weighted by molar-refractivity contribution is 7.89. The monoisotopic (exact) mass is 386 g/mol. The number of nitrogens with zero attached hydrogens (tertiary/aromatic N) is 2. The number of hydrogen-bond acceptors (Lipinski definition) is 5. The Bertz CT molecular complexity index is 1110. The van der Waals surface area contributed by atoms with Gasteiger partial charge in [0.05, 0.1) is 17.0 Å². The third kappa shape index (κ3) is 4.21. The van der Waals surface area contributed by atoms with Crippen LogP contribution in [0.1, 0.15) is 12.5 Å². The number of aromatic amines is 1. The molecule has 1 aromatic heterocycles.